The van der Waals surface area contributed by atoms with Crippen molar-refractivity contribution in [3.05, 3.63) is 0 Å². The molecule has 0 unspecified atom stereocenters. The lowest BCUT2D eigenvalue weighted by Gasteiger charge is -2.31. The Balaban J connectivity index is 2.26. The molecule has 0 aromatic rings. The quantitative estimate of drug-likeness (QED) is 0.689. The van der Waals surface area contributed by atoms with Crippen molar-refractivity contribution >= 4 is 11.9 Å². The summed E-state index contributed by atoms with van der Waals surface area (Å²) in [5, 5.41) is 8.31. The zero-order chi connectivity index (χ0) is 14.5. The largest absolute Gasteiger partial charge is 0.333 e. The standard InChI is InChI=1S/C13H26N4O2/c1-13(2,3)16-12(19)15-11(18)9-17-7-5-10(14-4)6-8-17/h10,14H,5-9H2,1-4H3,(H2,15,16,18,19). The van der Waals surface area contributed by atoms with E-state index in [9.17, 15) is 9.59 Å². The Hall–Kier alpha value is -1.14. The fourth-order valence-corrected chi connectivity index (χ4v) is 2.12. The molecule has 1 saturated heterocycles. The average Bonchev–Trinajstić information content (AvgIpc) is 2.27. The molecule has 19 heavy (non-hydrogen) atoms. The van der Waals surface area contributed by atoms with Crippen LogP contribution in [0.3, 0.4) is 0 Å². The van der Waals surface area contributed by atoms with Gasteiger partial charge in [0.1, 0.15) is 0 Å². The van der Waals surface area contributed by atoms with E-state index in [-0.39, 0.29) is 18.0 Å². The van der Waals surface area contributed by atoms with Crippen molar-refractivity contribution in [1.82, 2.24) is 20.9 Å². The second-order valence-electron chi connectivity index (χ2n) is 6.09. The van der Waals surface area contributed by atoms with Gasteiger partial charge in [-0.2, -0.15) is 0 Å². The molecule has 1 aliphatic heterocycles. The first kappa shape index (κ1) is 15.9. The van der Waals surface area contributed by atoms with Crippen LogP contribution in [0.25, 0.3) is 0 Å². The minimum Gasteiger partial charge on any atom is -0.333 e. The number of imide groups is 1. The first-order valence-electron chi connectivity index (χ1n) is 6.82. The van der Waals surface area contributed by atoms with Gasteiger partial charge in [0.15, 0.2) is 0 Å². The van der Waals surface area contributed by atoms with Crippen molar-refractivity contribution < 1.29 is 9.59 Å². The van der Waals surface area contributed by atoms with E-state index in [1.54, 1.807) is 0 Å². The summed E-state index contributed by atoms with van der Waals surface area (Å²) < 4.78 is 0. The molecule has 6 heteroatoms. The second-order valence-corrected chi connectivity index (χ2v) is 6.09. The summed E-state index contributed by atoms with van der Waals surface area (Å²) >= 11 is 0. The maximum absolute atomic E-state index is 11.7. The Labute approximate surface area is 115 Å². The topological polar surface area (TPSA) is 73.5 Å². The fourth-order valence-electron chi connectivity index (χ4n) is 2.12. The highest BCUT2D eigenvalue weighted by molar-refractivity contribution is 5.95. The maximum atomic E-state index is 11.7. The molecule has 0 atom stereocenters. The number of amides is 3. The number of hydrogen-bond acceptors (Lipinski definition) is 4. The normalized spacial score (nSPS) is 18.1. The Bertz CT molecular complexity index is 317. The summed E-state index contributed by atoms with van der Waals surface area (Å²) in [6.45, 7) is 7.69. The Morgan fingerprint density at radius 1 is 1.21 bits per heavy atom. The SMILES string of the molecule is CNC1CCN(CC(=O)NC(=O)NC(C)(C)C)CC1. The van der Waals surface area contributed by atoms with Crippen LogP contribution in [0, 0.1) is 0 Å². The van der Waals surface area contributed by atoms with Crippen molar-refractivity contribution in [2.75, 3.05) is 26.7 Å². The third kappa shape index (κ3) is 6.54. The van der Waals surface area contributed by atoms with E-state index in [0.717, 1.165) is 25.9 Å². The van der Waals surface area contributed by atoms with Crippen LogP contribution in [0.15, 0.2) is 0 Å². The van der Waals surface area contributed by atoms with E-state index in [1.165, 1.54) is 0 Å². The predicted octanol–water partition coefficient (Wildman–Crippen LogP) is 0.295. The average molecular weight is 270 g/mol. The number of likely N-dealkylation sites (tertiary alicyclic amines) is 1. The molecule has 0 bridgehead atoms. The highest BCUT2D eigenvalue weighted by atomic mass is 16.2. The zero-order valence-corrected chi connectivity index (χ0v) is 12.4. The molecule has 1 aliphatic rings. The van der Waals surface area contributed by atoms with Crippen LogP contribution in [0.2, 0.25) is 0 Å². The summed E-state index contributed by atoms with van der Waals surface area (Å²) in [6, 6.07) is 0.117. The first-order chi connectivity index (χ1) is 8.80. The number of carbonyl (C=O) groups is 2. The van der Waals surface area contributed by atoms with Gasteiger partial charge in [-0.15, -0.1) is 0 Å². The van der Waals surface area contributed by atoms with Crippen molar-refractivity contribution in [2.24, 2.45) is 0 Å². The molecular formula is C13H26N4O2. The third-order valence-electron chi connectivity index (χ3n) is 3.10. The highest BCUT2D eigenvalue weighted by Gasteiger charge is 2.21. The maximum Gasteiger partial charge on any atom is 0.321 e. The van der Waals surface area contributed by atoms with Gasteiger partial charge in [-0.25, -0.2) is 4.79 Å². The number of hydrogen-bond donors (Lipinski definition) is 3. The predicted molar refractivity (Wildman–Crippen MR) is 74.9 cm³/mol. The van der Waals surface area contributed by atoms with E-state index >= 15 is 0 Å². The molecule has 0 saturated carbocycles. The Kier molecular flexibility index (Phi) is 5.75. The summed E-state index contributed by atoms with van der Waals surface area (Å²) in [7, 11) is 1.96. The van der Waals surface area contributed by atoms with Crippen molar-refractivity contribution in [3.63, 3.8) is 0 Å². The lowest BCUT2D eigenvalue weighted by molar-refractivity contribution is -0.121. The molecule has 1 rings (SSSR count). The lowest BCUT2D eigenvalue weighted by Crippen LogP contribution is -2.51. The monoisotopic (exact) mass is 270 g/mol. The van der Waals surface area contributed by atoms with Crippen LogP contribution in [-0.4, -0.2) is 55.1 Å². The van der Waals surface area contributed by atoms with Gasteiger partial charge >= 0.3 is 6.03 Å². The van der Waals surface area contributed by atoms with Gasteiger partial charge in [-0.1, -0.05) is 0 Å². The van der Waals surface area contributed by atoms with Gasteiger partial charge < -0.3 is 10.6 Å². The van der Waals surface area contributed by atoms with Crippen molar-refractivity contribution in [1.29, 1.82) is 0 Å². The molecule has 6 nitrogen and oxygen atoms in total. The van der Waals surface area contributed by atoms with Crippen LogP contribution >= 0.6 is 0 Å². The minimum atomic E-state index is -0.428. The molecule has 1 heterocycles. The molecule has 0 aromatic heterocycles. The molecule has 3 amide bonds. The molecule has 0 aliphatic carbocycles. The van der Waals surface area contributed by atoms with Gasteiger partial charge in [0.25, 0.3) is 0 Å². The number of piperidine rings is 1. The molecule has 0 spiro atoms. The van der Waals surface area contributed by atoms with Gasteiger partial charge in [0.2, 0.25) is 5.91 Å². The molecule has 0 aromatic carbocycles. The summed E-state index contributed by atoms with van der Waals surface area (Å²) in [4.78, 5) is 25.3. The van der Waals surface area contributed by atoms with Crippen LogP contribution < -0.4 is 16.0 Å². The highest BCUT2D eigenvalue weighted by Crippen LogP contribution is 2.09. The molecular weight excluding hydrogens is 244 g/mol. The van der Waals surface area contributed by atoms with Crippen molar-refractivity contribution in [3.8, 4) is 0 Å². The van der Waals surface area contributed by atoms with Crippen molar-refractivity contribution in [2.45, 2.75) is 45.2 Å². The molecule has 110 valence electrons. The van der Waals surface area contributed by atoms with E-state index in [0.29, 0.717) is 6.04 Å². The third-order valence-corrected chi connectivity index (χ3v) is 3.10. The van der Waals surface area contributed by atoms with Gasteiger partial charge in [-0.05, 0) is 40.7 Å². The van der Waals surface area contributed by atoms with E-state index in [2.05, 4.69) is 20.9 Å². The lowest BCUT2D eigenvalue weighted by atomic mass is 10.1. The van der Waals surface area contributed by atoms with E-state index in [1.807, 2.05) is 27.8 Å². The van der Waals surface area contributed by atoms with Crippen LogP contribution in [0.4, 0.5) is 4.79 Å². The number of urea groups is 1. The van der Waals surface area contributed by atoms with Gasteiger partial charge in [0.05, 0.1) is 6.54 Å². The van der Waals surface area contributed by atoms with Gasteiger partial charge in [0, 0.05) is 24.7 Å². The smallest absolute Gasteiger partial charge is 0.321 e. The van der Waals surface area contributed by atoms with Gasteiger partial charge in [-0.3, -0.25) is 15.0 Å². The van der Waals surface area contributed by atoms with Crippen LogP contribution in [-0.2, 0) is 4.79 Å². The first-order valence-corrected chi connectivity index (χ1v) is 6.82. The summed E-state index contributed by atoms with van der Waals surface area (Å²) in [5.41, 5.74) is -0.338. The second kappa shape index (κ2) is 6.86. The number of nitrogens with zero attached hydrogens (tertiary/aromatic N) is 1. The summed E-state index contributed by atoms with van der Waals surface area (Å²) in [6.07, 6.45) is 2.08. The van der Waals surface area contributed by atoms with E-state index in [4.69, 9.17) is 0 Å². The Morgan fingerprint density at radius 2 is 1.79 bits per heavy atom. The summed E-state index contributed by atoms with van der Waals surface area (Å²) in [5.74, 6) is -0.246. The number of nitrogens with one attached hydrogen (secondary N) is 3. The zero-order valence-electron chi connectivity index (χ0n) is 12.4. The Morgan fingerprint density at radius 3 is 2.26 bits per heavy atom. The minimum absolute atomic E-state index is 0.246. The fraction of sp³-hybridized carbons (Fsp3) is 0.846. The van der Waals surface area contributed by atoms with Crippen LogP contribution in [0.5, 0.6) is 0 Å². The number of carbonyl (C=O) groups excluding carboxylic acids is 2. The molecule has 1 fully saturated rings. The van der Waals surface area contributed by atoms with Crippen LogP contribution in [0.1, 0.15) is 33.6 Å². The molecule has 3 N–H and O–H groups in total. The molecule has 0 radical (unpaired) electrons. The van der Waals surface area contributed by atoms with E-state index < -0.39 is 6.03 Å². The number of rotatable bonds is 3.